The zero-order valence-electron chi connectivity index (χ0n) is 16.3. The van der Waals surface area contributed by atoms with Crippen molar-refractivity contribution < 1.29 is 17.9 Å². The van der Waals surface area contributed by atoms with Crippen LogP contribution in [0.25, 0.3) is 5.65 Å². The molecule has 30 heavy (non-hydrogen) atoms. The first kappa shape index (κ1) is 20.7. The van der Waals surface area contributed by atoms with Gasteiger partial charge in [0.15, 0.2) is 5.65 Å². The molecule has 3 aromatic rings. The van der Waals surface area contributed by atoms with E-state index in [9.17, 15) is 13.2 Å². The van der Waals surface area contributed by atoms with Crippen LogP contribution in [-0.4, -0.2) is 58.5 Å². The lowest BCUT2D eigenvalue weighted by Crippen LogP contribution is -2.48. The number of hydrogen-bond donors (Lipinski definition) is 1. The Morgan fingerprint density at radius 3 is 2.63 bits per heavy atom. The van der Waals surface area contributed by atoms with Crippen LogP contribution < -0.4 is 5.32 Å². The largest absolute Gasteiger partial charge is 0.373 e. The average Bonchev–Trinajstić information content (AvgIpc) is 3.17. The van der Waals surface area contributed by atoms with Gasteiger partial charge < -0.3 is 10.1 Å². The monoisotopic (exact) mass is 449 g/mol. The van der Waals surface area contributed by atoms with Gasteiger partial charge in [0.05, 0.1) is 23.4 Å². The lowest BCUT2D eigenvalue weighted by Gasteiger charge is -2.34. The number of nitrogens with zero attached hydrogens (tertiary/aromatic N) is 4. The smallest absolute Gasteiger partial charge is 0.256 e. The van der Waals surface area contributed by atoms with Gasteiger partial charge in [-0.15, -0.1) is 0 Å². The third-order valence-electron chi connectivity index (χ3n) is 4.73. The predicted molar refractivity (Wildman–Crippen MR) is 111 cm³/mol. The van der Waals surface area contributed by atoms with Gasteiger partial charge in [-0.3, -0.25) is 4.79 Å². The third-order valence-corrected chi connectivity index (χ3v) is 7.04. The minimum atomic E-state index is -3.90. The molecule has 0 saturated carbocycles. The number of fused-ring (bicyclic) bond motifs is 1. The van der Waals surface area contributed by atoms with Crippen LogP contribution in [0.4, 0.5) is 5.82 Å². The van der Waals surface area contributed by atoms with Crippen LogP contribution in [0, 0.1) is 0 Å². The number of morpholine rings is 1. The Labute approximate surface area is 178 Å². The highest BCUT2D eigenvalue weighted by molar-refractivity contribution is 7.89. The first-order valence-electron chi connectivity index (χ1n) is 9.31. The second-order valence-corrected chi connectivity index (χ2v) is 9.42. The molecule has 0 radical (unpaired) electrons. The lowest BCUT2D eigenvalue weighted by atomic mass is 10.2. The van der Waals surface area contributed by atoms with E-state index in [1.54, 1.807) is 24.5 Å². The fourth-order valence-corrected chi connectivity index (χ4v) is 5.52. The van der Waals surface area contributed by atoms with Gasteiger partial charge in [-0.05, 0) is 38.1 Å². The summed E-state index contributed by atoms with van der Waals surface area (Å²) in [6, 6.07) is 7.48. The molecule has 1 aromatic carbocycles. The highest BCUT2D eigenvalue weighted by Crippen LogP contribution is 2.28. The molecule has 2 unspecified atom stereocenters. The molecule has 158 valence electrons. The number of amides is 1. The summed E-state index contributed by atoms with van der Waals surface area (Å²) >= 11 is 6.21. The predicted octanol–water partition coefficient (Wildman–Crippen LogP) is 2.43. The maximum Gasteiger partial charge on any atom is 0.256 e. The standard InChI is InChI=1S/C19H20ClN5O4S/c1-12-10-24(11-13(2)29-12)30(27,28)16-9-14(3-4-15(16)20)19(26)23-18-5-7-21-17-6-8-22-25(17)18/h3-9,12-13H,10-11H2,1-2H3,(H,23,26). The zero-order chi connectivity index (χ0) is 21.5. The Morgan fingerprint density at radius 2 is 1.90 bits per heavy atom. The number of sulfonamides is 1. The van der Waals surface area contributed by atoms with Gasteiger partial charge in [-0.1, -0.05) is 11.6 Å². The number of carbonyl (C=O) groups excluding carboxylic acids is 1. The summed E-state index contributed by atoms with van der Waals surface area (Å²) in [6.45, 7) is 4.06. The molecule has 1 saturated heterocycles. The quantitative estimate of drug-likeness (QED) is 0.655. The topological polar surface area (TPSA) is 106 Å². The van der Waals surface area contributed by atoms with E-state index in [0.717, 1.165) is 0 Å². The summed E-state index contributed by atoms with van der Waals surface area (Å²) in [5.74, 6) is -0.0833. The Morgan fingerprint density at radius 1 is 1.17 bits per heavy atom. The number of benzene rings is 1. The minimum Gasteiger partial charge on any atom is -0.373 e. The van der Waals surface area contributed by atoms with Crippen molar-refractivity contribution in [2.75, 3.05) is 18.4 Å². The minimum absolute atomic E-state index is 0.0525. The molecule has 11 heteroatoms. The van der Waals surface area contributed by atoms with E-state index in [2.05, 4.69) is 15.4 Å². The number of anilines is 1. The molecule has 1 fully saturated rings. The third kappa shape index (κ3) is 3.91. The number of rotatable bonds is 4. The van der Waals surface area contributed by atoms with E-state index in [0.29, 0.717) is 11.5 Å². The Balaban J connectivity index is 1.64. The van der Waals surface area contributed by atoms with Crippen molar-refractivity contribution in [3.63, 3.8) is 0 Å². The number of nitrogens with one attached hydrogen (secondary N) is 1. The molecule has 1 amide bonds. The molecular formula is C19H20ClN5O4S. The first-order chi connectivity index (χ1) is 14.3. The van der Waals surface area contributed by atoms with Crippen LogP contribution in [0.1, 0.15) is 24.2 Å². The van der Waals surface area contributed by atoms with E-state index < -0.39 is 15.9 Å². The summed E-state index contributed by atoms with van der Waals surface area (Å²) in [6.07, 6.45) is 2.63. The van der Waals surface area contributed by atoms with Crippen molar-refractivity contribution in [3.05, 3.63) is 53.3 Å². The van der Waals surface area contributed by atoms with Crippen molar-refractivity contribution in [2.45, 2.75) is 31.0 Å². The number of carbonyl (C=O) groups is 1. The van der Waals surface area contributed by atoms with E-state index >= 15 is 0 Å². The maximum atomic E-state index is 13.2. The lowest BCUT2D eigenvalue weighted by molar-refractivity contribution is -0.0440. The molecule has 1 N–H and O–H groups in total. The van der Waals surface area contributed by atoms with E-state index in [4.69, 9.17) is 16.3 Å². The molecular weight excluding hydrogens is 430 g/mol. The Bertz CT molecular complexity index is 1200. The van der Waals surface area contributed by atoms with E-state index in [1.807, 2.05) is 13.8 Å². The van der Waals surface area contributed by atoms with Crippen LogP contribution in [-0.2, 0) is 14.8 Å². The SMILES string of the molecule is CC1CN(S(=O)(=O)c2cc(C(=O)Nc3ccnc4ccnn34)ccc2Cl)CC(C)O1. The van der Waals surface area contributed by atoms with Crippen molar-refractivity contribution in [2.24, 2.45) is 0 Å². The molecule has 1 aliphatic heterocycles. The average molecular weight is 450 g/mol. The molecule has 0 bridgehead atoms. The molecule has 1 aliphatic rings. The van der Waals surface area contributed by atoms with Crippen LogP contribution in [0.5, 0.6) is 0 Å². The Kier molecular flexibility index (Phi) is 5.49. The van der Waals surface area contributed by atoms with Gasteiger partial charge in [0, 0.05) is 30.9 Å². The van der Waals surface area contributed by atoms with Crippen molar-refractivity contribution in [1.29, 1.82) is 0 Å². The fourth-order valence-electron chi connectivity index (χ4n) is 3.43. The number of aromatic nitrogens is 3. The van der Waals surface area contributed by atoms with E-state index in [1.165, 1.54) is 27.0 Å². The number of halogens is 1. The van der Waals surface area contributed by atoms with Gasteiger partial charge in [0.25, 0.3) is 5.91 Å². The highest BCUT2D eigenvalue weighted by atomic mass is 35.5. The second kappa shape index (κ2) is 7.95. The van der Waals surface area contributed by atoms with E-state index in [-0.39, 0.29) is 40.8 Å². The number of ether oxygens (including phenoxy) is 1. The van der Waals surface area contributed by atoms with Crippen LogP contribution in [0.3, 0.4) is 0 Å². The Hall–Kier alpha value is -2.53. The summed E-state index contributed by atoms with van der Waals surface area (Å²) in [7, 11) is -3.90. The van der Waals surface area contributed by atoms with Gasteiger partial charge in [-0.25, -0.2) is 13.4 Å². The summed E-state index contributed by atoms with van der Waals surface area (Å²) < 4.78 is 34.8. The first-order valence-corrected chi connectivity index (χ1v) is 11.1. The van der Waals surface area contributed by atoms with Crippen LogP contribution in [0.15, 0.2) is 47.6 Å². The fraction of sp³-hybridized carbons (Fsp3) is 0.316. The highest BCUT2D eigenvalue weighted by Gasteiger charge is 2.33. The maximum absolute atomic E-state index is 13.2. The molecule has 4 rings (SSSR count). The van der Waals surface area contributed by atoms with Crippen LogP contribution in [0.2, 0.25) is 5.02 Å². The van der Waals surface area contributed by atoms with Crippen molar-refractivity contribution in [3.8, 4) is 0 Å². The second-order valence-electron chi connectivity index (χ2n) is 7.11. The number of hydrogen-bond acceptors (Lipinski definition) is 6. The summed E-state index contributed by atoms with van der Waals surface area (Å²) in [5, 5.41) is 6.90. The summed E-state index contributed by atoms with van der Waals surface area (Å²) in [4.78, 5) is 16.8. The van der Waals surface area contributed by atoms with Gasteiger partial charge >= 0.3 is 0 Å². The van der Waals surface area contributed by atoms with Gasteiger partial charge in [-0.2, -0.15) is 13.9 Å². The molecule has 3 heterocycles. The zero-order valence-corrected chi connectivity index (χ0v) is 17.9. The van der Waals surface area contributed by atoms with Gasteiger partial charge in [0.2, 0.25) is 10.0 Å². The molecule has 9 nitrogen and oxygen atoms in total. The molecule has 0 spiro atoms. The molecule has 2 atom stereocenters. The normalized spacial score (nSPS) is 20.4. The van der Waals surface area contributed by atoms with Crippen molar-refractivity contribution >= 4 is 39.0 Å². The summed E-state index contributed by atoms with van der Waals surface area (Å²) in [5.41, 5.74) is 0.729. The molecule has 2 aromatic heterocycles. The van der Waals surface area contributed by atoms with Crippen LogP contribution >= 0.6 is 11.6 Å². The van der Waals surface area contributed by atoms with Gasteiger partial charge in [0.1, 0.15) is 10.7 Å². The molecule has 0 aliphatic carbocycles. The van der Waals surface area contributed by atoms with Crippen molar-refractivity contribution in [1.82, 2.24) is 18.9 Å².